The predicted molar refractivity (Wildman–Crippen MR) is 77.6 cm³/mol. The monoisotopic (exact) mass is 260 g/mol. The molecule has 0 radical (unpaired) electrons. The minimum atomic E-state index is 0.175. The van der Waals surface area contributed by atoms with Gasteiger partial charge in [0.2, 0.25) is 0 Å². The van der Waals surface area contributed by atoms with Crippen molar-refractivity contribution in [2.24, 2.45) is 11.8 Å². The van der Waals surface area contributed by atoms with Gasteiger partial charge in [0.1, 0.15) is 5.75 Å². The van der Waals surface area contributed by atoms with Crippen LogP contribution in [0.15, 0.2) is 12.1 Å². The third kappa shape index (κ3) is 2.07. The predicted octanol–water partition coefficient (Wildman–Crippen LogP) is 4.20. The highest BCUT2D eigenvalue weighted by molar-refractivity contribution is 5.54. The zero-order chi connectivity index (χ0) is 14.4. The second-order valence-corrected chi connectivity index (χ2v) is 6.70. The van der Waals surface area contributed by atoms with Crippen molar-refractivity contribution in [3.8, 4) is 5.75 Å². The molecule has 1 aliphatic carbocycles. The van der Waals surface area contributed by atoms with E-state index in [9.17, 15) is 4.79 Å². The molecule has 104 valence electrons. The van der Waals surface area contributed by atoms with Crippen LogP contribution in [0.5, 0.6) is 5.75 Å². The molecule has 1 aliphatic rings. The first-order chi connectivity index (χ1) is 8.80. The number of fused-ring (bicyclic) bond motifs is 1. The molecule has 0 fully saturated rings. The molecule has 0 aromatic heterocycles. The van der Waals surface area contributed by atoms with Crippen molar-refractivity contribution in [2.75, 3.05) is 0 Å². The summed E-state index contributed by atoms with van der Waals surface area (Å²) in [6.45, 7) is 14.0. The smallest absolute Gasteiger partial charge is 0.298 e. The van der Waals surface area contributed by atoms with Crippen LogP contribution in [0, 0.1) is 18.8 Å². The van der Waals surface area contributed by atoms with Crippen LogP contribution in [0.3, 0.4) is 0 Å². The summed E-state index contributed by atoms with van der Waals surface area (Å²) in [6.07, 6.45) is 0. The molecule has 2 unspecified atom stereocenters. The molecule has 1 aromatic carbocycles. The van der Waals surface area contributed by atoms with Gasteiger partial charge in [0.15, 0.2) is 0 Å². The second kappa shape index (κ2) is 4.66. The number of carbonyl (C=O) groups is 1. The van der Waals surface area contributed by atoms with Gasteiger partial charge in [-0.05, 0) is 52.8 Å². The average molecular weight is 260 g/mol. The Morgan fingerprint density at radius 3 is 2.47 bits per heavy atom. The molecule has 0 bridgehead atoms. The molecule has 19 heavy (non-hydrogen) atoms. The first kappa shape index (κ1) is 14.1. The minimum Gasteiger partial charge on any atom is -0.428 e. The zero-order valence-corrected chi connectivity index (χ0v) is 12.8. The maximum Gasteiger partial charge on any atom is 0.298 e. The maximum atomic E-state index is 10.6. The lowest BCUT2D eigenvalue weighted by molar-refractivity contribution is -0.120. The summed E-state index contributed by atoms with van der Waals surface area (Å²) < 4.78 is 5.11. The van der Waals surface area contributed by atoms with Gasteiger partial charge in [-0.25, -0.2) is 0 Å². The van der Waals surface area contributed by atoms with Crippen molar-refractivity contribution >= 4 is 6.47 Å². The first-order valence-corrected chi connectivity index (χ1v) is 7.06. The van der Waals surface area contributed by atoms with E-state index in [0.29, 0.717) is 30.0 Å². The molecule has 0 aliphatic heterocycles. The molecule has 0 N–H and O–H groups in total. The standard InChI is InChI=1S/C17H24O2/c1-10(2)16-12(4)17(5,6)14-7-11(3)15(19-9-18)8-13(14)16/h7-10,12,16H,1-6H3. The van der Waals surface area contributed by atoms with Gasteiger partial charge in [-0.15, -0.1) is 0 Å². The van der Waals surface area contributed by atoms with Crippen LogP contribution >= 0.6 is 0 Å². The quantitative estimate of drug-likeness (QED) is 0.761. The van der Waals surface area contributed by atoms with E-state index in [1.807, 2.05) is 6.92 Å². The summed E-state index contributed by atoms with van der Waals surface area (Å²) in [5.41, 5.74) is 3.98. The average Bonchev–Trinajstić information content (AvgIpc) is 2.49. The van der Waals surface area contributed by atoms with Crippen molar-refractivity contribution < 1.29 is 9.53 Å². The molecule has 2 heteroatoms. The molecule has 0 spiro atoms. The molecule has 0 saturated carbocycles. The van der Waals surface area contributed by atoms with Crippen LogP contribution in [-0.4, -0.2) is 6.47 Å². The summed E-state index contributed by atoms with van der Waals surface area (Å²) in [7, 11) is 0. The van der Waals surface area contributed by atoms with E-state index in [-0.39, 0.29) is 5.41 Å². The Morgan fingerprint density at radius 2 is 1.95 bits per heavy atom. The summed E-state index contributed by atoms with van der Waals surface area (Å²) in [4.78, 5) is 10.6. The minimum absolute atomic E-state index is 0.175. The van der Waals surface area contributed by atoms with Gasteiger partial charge >= 0.3 is 0 Å². The van der Waals surface area contributed by atoms with Crippen LogP contribution in [0.1, 0.15) is 57.2 Å². The third-order valence-electron chi connectivity index (χ3n) is 4.97. The third-order valence-corrected chi connectivity index (χ3v) is 4.97. The molecular weight excluding hydrogens is 236 g/mol. The molecule has 0 heterocycles. The Bertz CT molecular complexity index is 500. The fourth-order valence-electron chi connectivity index (χ4n) is 3.62. The maximum absolute atomic E-state index is 10.6. The Kier molecular flexibility index (Phi) is 3.46. The molecule has 2 rings (SSSR count). The van der Waals surface area contributed by atoms with Crippen molar-refractivity contribution in [1.29, 1.82) is 0 Å². The number of hydrogen-bond donors (Lipinski definition) is 0. The van der Waals surface area contributed by atoms with Gasteiger partial charge in [0.05, 0.1) is 0 Å². The summed E-state index contributed by atoms with van der Waals surface area (Å²) in [5, 5.41) is 0. The lowest BCUT2D eigenvalue weighted by Crippen LogP contribution is -2.25. The van der Waals surface area contributed by atoms with Crippen molar-refractivity contribution in [3.05, 3.63) is 28.8 Å². The Hall–Kier alpha value is -1.31. The van der Waals surface area contributed by atoms with Crippen molar-refractivity contribution in [3.63, 3.8) is 0 Å². The number of carbonyl (C=O) groups excluding carboxylic acids is 1. The van der Waals surface area contributed by atoms with Gasteiger partial charge in [-0.2, -0.15) is 0 Å². The van der Waals surface area contributed by atoms with Gasteiger partial charge in [0, 0.05) is 0 Å². The second-order valence-electron chi connectivity index (χ2n) is 6.70. The van der Waals surface area contributed by atoms with Crippen LogP contribution in [0.2, 0.25) is 0 Å². The fourth-order valence-corrected chi connectivity index (χ4v) is 3.62. The highest BCUT2D eigenvalue weighted by Gasteiger charge is 2.44. The highest BCUT2D eigenvalue weighted by Crippen LogP contribution is 2.54. The van der Waals surface area contributed by atoms with Gasteiger partial charge in [-0.3, -0.25) is 4.79 Å². The number of benzene rings is 1. The molecule has 1 aromatic rings. The number of hydrogen-bond acceptors (Lipinski definition) is 2. The van der Waals surface area contributed by atoms with Crippen molar-refractivity contribution in [2.45, 2.75) is 52.9 Å². The topological polar surface area (TPSA) is 26.3 Å². The van der Waals surface area contributed by atoms with E-state index in [1.165, 1.54) is 11.1 Å². The number of rotatable bonds is 3. The Balaban J connectivity index is 2.62. The van der Waals surface area contributed by atoms with E-state index < -0.39 is 0 Å². The summed E-state index contributed by atoms with van der Waals surface area (Å²) in [6, 6.07) is 4.28. The van der Waals surface area contributed by atoms with Gasteiger partial charge in [-0.1, -0.05) is 40.7 Å². The molecule has 2 atom stereocenters. The summed E-state index contributed by atoms with van der Waals surface area (Å²) >= 11 is 0. The summed E-state index contributed by atoms with van der Waals surface area (Å²) in [5.74, 6) is 2.40. The number of ether oxygens (including phenoxy) is 1. The van der Waals surface area contributed by atoms with E-state index in [4.69, 9.17) is 4.74 Å². The van der Waals surface area contributed by atoms with E-state index in [1.54, 1.807) is 0 Å². The van der Waals surface area contributed by atoms with Crippen LogP contribution in [-0.2, 0) is 10.2 Å². The molecule has 0 amide bonds. The number of aryl methyl sites for hydroxylation is 1. The van der Waals surface area contributed by atoms with Crippen molar-refractivity contribution in [1.82, 2.24) is 0 Å². The molecular formula is C17H24O2. The van der Waals surface area contributed by atoms with Gasteiger partial charge in [0.25, 0.3) is 6.47 Å². The normalized spacial score (nSPS) is 24.4. The first-order valence-electron chi connectivity index (χ1n) is 7.06. The zero-order valence-electron chi connectivity index (χ0n) is 12.8. The van der Waals surface area contributed by atoms with E-state index in [0.717, 1.165) is 5.56 Å². The fraction of sp³-hybridized carbons (Fsp3) is 0.588. The van der Waals surface area contributed by atoms with Crippen LogP contribution < -0.4 is 4.74 Å². The molecule has 0 saturated heterocycles. The van der Waals surface area contributed by atoms with E-state index in [2.05, 4.69) is 46.8 Å². The largest absolute Gasteiger partial charge is 0.428 e. The Morgan fingerprint density at radius 1 is 1.32 bits per heavy atom. The van der Waals surface area contributed by atoms with Crippen LogP contribution in [0.25, 0.3) is 0 Å². The lowest BCUT2D eigenvalue weighted by atomic mass is 9.74. The van der Waals surface area contributed by atoms with Crippen LogP contribution in [0.4, 0.5) is 0 Å². The molecule has 2 nitrogen and oxygen atoms in total. The lowest BCUT2D eigenvalue weighted by Gasteiger charge is -2.30. The van der Waals surface area contributed by atoms with E-state index >= 15 is 0 Å². The highest BCUT2D eigenvalue weighted by atomic mass is 16.5. The SMILES string of the molecule is Cc1cc2c(cc1OC=O)C(C(C)C)C(C)C2(C)C. The van der Waals surface area contributed by atoms with Gasteiger partial charge < -0.3 is 4.74 Å². The Labute approximate surface area is 116 Å².